The third-order valence-corrected chi connectivity index (χ3v) is 3.86. The maximum absolute atomic E-state index is 11.6. The molecule has 2 rings (SSSR count). The number of carboxylic acids is 2. The van der Waals surface area contributed by atoms with E-state index in [4.69, 9.17) is 0 Å². The minimum atomic E-state index is -1.47. The van der Waals surface area contributed by atoms with Crippen LogP contribution in [0.5, 0.6) is 0 Å². The van der Waals surface area contributed by atoms with Gasteiger partial charge in [-0.3, -0.25) is 4.79 Å². The fraction of sp³-hybridized carbons (Fsp3) is 0.250. The van der Waals surface area contributed by atoms with E-state index in [1.165, 1.54) is 19.1 Å². The molecule has 0 fully saturated rings. The third-order valence-electron chi connectivity index (χ3n) is 3.86. The fourth-order valence-electron chi connectivity index (χ4n) is 2.56. The van der Waals surface area contributed by atoms with Crippen molar-refractivity contribution in [3.63, 3.8) is 0 Å². The summed E-state index contributed by atoms with van der Waals surface area (Å²) < 4.78 is 0. The van der Waals surface area contributed by atoms with Gasteiger partial charge in [-0.15, -0.1) is 0 Å². The topological polar surface area (TPSA) is 94.8 Å². The lowest BCUT2D eigenvalue weighted by molar-refractivity contribution is -0.148. The number of hydrogen-bond acceptors (Lipinski definition) is 3. The summed E-state index contributed by atoms with van der Waals surface area (Å²) in [4.78, 5) is 23.0. The number of rotatable bonds is 4. The van der Waals surface area contributed by atoms with Gasteiger partial charge in [0.05, 0.1) is 12.0 Å². The Kier molecular flexibility index (Phi) is 3.95. The number of aliphatic carboxylic acids is 2. The maximum atomic E-state index is 11.6. The molecule has 2 atom stereocenters. The maximum Gasteiger partial charge on any atom is 0.332 e. The van der Waals surface area contributed by atoms with Crippen LogP contribution in [0.25, 0.3) is 5.57 Å². The second-order valence-electron chi connectivity index (χ2n) is 5.19. The van der Waals surface area contributed by atoms with Crippen LogP contribution < -0.4 is 0 Å². The van der Waals surface area contributed by atoms with Gasteiger partial charge < -0.3 is 15.3 Å². The Morgan fingerprint density at radius 2 is 1.81 bits per heavy atom. The Morgan fingerprint density at radius 1 is 1.19 bits per heavy atom. The van der Waals surface area contributed by atoms with Gasteiger partial charge in [-0.1, -0.05) is 36.4 Å². The molecule has 0 radical (unpaired) electrons. The molecule has 1 aromatic carbocycles. The lowest BCUT2D eigenvalue weighted by atomic mass is 9.68. The number of carboxylic acid groups (broad SMARTS) is 2. The molecule has 21 heavy (non-hydrogen) atoms. The molecule has 5 nitrogen and oxygen atoms in total. The molecule has 110 valence electrons. The Balaban J connectivity index is 2.63. The van der Waals surface area contributed by atoms with Crippen molar-refractivity contribution >= 4 is 17.5 Å². The largest absolute Gasteiger partial charge is 0.481 e. The molecule has 5 heteroatoms. The first kappa shape index (κ1) is 15.0. The van der Waals surface area contributed by atoms with Crippen molar-refractivity contribution < 1.29 is 24.9 Å². The molecule has 0 aliphatic heterocycles. The van der Waals surface area contributed by atoms with Crippen molar-refractivity contribution in [3.05, 3.63) is 53.6 Å². The predicted molar refractivity (Wildman–Crippen MR) is 76.5 cm³/mol. The SMILES string of the molecule is CC1(C(=O)O)C=C(c2ccccc2)C=C(C(=O)O)C1CO. The first-order chi connectivity index (χ1) is 9.90. The van der Waals surface area contributed by atoms with Gasteiger partial charge in [0, 0.05) is 11.5 Å². The summed E-state index contributed by atoms with van der Waals surface area (Å²) in [5.41, 5.74) is -0.297. The second kappa shape index (κ2) is 5.54. The molecular formula is C16H16O5. The van der Waals surface area contributed by atoms with Crippen LogP contribution in [0.4, 0.5) is 0 Å². The molecular weight excluding hydrogens is 272 g/mol. The van der Waals surface area contributed by atoms with E-state index in [0.29, 0.717) is 5.57 Å². The Morgan fingerprint density at radius 3 is 2.29 bits per heavy atom. The Bertz CT molecular complexity index is 629. The van der Waals surface area contributed by atoms with Gasteiger partial charge in [0.25, 0.3) is 0 Å². The number of hydrogen-bond donors (Lipinski definition) is 3. The van der Waals surface area contributed by atoms with Gasteiger partial charge in [-0.2, -0.15) is 0 Å². The van der Waals surface area contributed by atoms with E-state index in [1.807, 2.05) is 6.07 Å². The average Bonchev–Trinajstić information content (AvgIpc) is 2.47. The monoisotopic (exact) mass is 288 g/mol. The number of aliphatic hydroxyl groups excluding tert-OH is 1. The van der Waals surface area contributed by atoms with Crippen LogP contribution in [-0.2, 0) is 9.59 Å². The van der Waals surface area contributed by atoms with Crippen LogP contribution in [0.2, 0.25) is 0 Å². The lowest BCUT2D eigenvalue weighted by Gasteiger charge is -2.34. The van der Waals surface area contributed by atoms with Crippen molar-refractivity contribution in [3.8, 4) is 0 Å². The molecule has 1 aliphatic rings. The summed E-state index contributed by atoms with van der Waals surface area (Å²) in [5.74, 6) is -3.37. The third kappa shape index (κ3) is 2.60. The van der Waals surface area contributed by atoms with Crippen LogP contribution in [-0.4, -0.2) is 33.9 Å². The van der Waals surface area contributed by atoms with E-state index in [2.05, 4.69) is 0 Å². The molecule has 2 unspecified atom stereocenters. The molecule has 0 saturated heterocycles. The van der Waals surface area contributed by atoms with E-state index in [1.54, 1.807) is 24.3 Å². The molecule has 0 bridgehead atoms. The van der Waals surface area contributed by atoms with E-state index in [-0.39, 0.29) is 5.57 Å². The molecule has 0 heterocycles. The van der Waals surface area contributed by atoms with E-state index < -0.39 is 29.9 Å². The summed E-state index contributed by atoms with van der Waals surface area (Å²) in [6.45, 7) is 0.884. The standard InChI is InChI=1S/C16H16O5/c1-16(15(20)21)8-11(10-5-3-2-4-6-10)7-12(14(18)19)13(16)9-17/h2-8,13,17H,9H2,1H3,(H,18,19)(H,20,21). The first-order valence-electron chi connectivity index (χ1n) is 6.47. The van der Waals surface area contributed by atoms with Crippen LogP contribution in [0.15, 0.2) is 48.1 Å². The Hall–Kier alpha value is -2.40. The number of carbonyl (C=O) groups is 2. The fourth-order valence-corrected chi connectivity index (χ4v) is 2.56. The zero-order valence-electron chi connectivity index (χ0n) is 11.5. The molecule has 0 saturated carbocycles. The highest BCUT2D eigenvalue weighted by molar-refractivity contribution is 5.97. The van der Waals surface area contributed by atoms with Crippen LogP contribution >= 0.6 is 0 Å². The zero-order valence-corrected chi connectivity index (χ0v) is 11.5. The summed E-state index contributed by atoms with van der Waals surface area (Å²) in [6.07, 6.45) is 2.95. The summed E-state index contributed by atoms with van der Waals surface area (Å²) in [7, 11) is 0. The number of benzene rings is 1. The number of allylic oxidation sites excluding steroid dienone is 2. The highest BCUT2D eigenvalue weighted by Gasteiger charge is 2.45. The van der Waals surface area contributed by atoms with Gasteiger partial charge in [0.2, 0.25) is 0 Å². The predicted octanol–water partition coefficient (Wildman–Crippen LogP) is 1.79. The second-order valence-corrected chi connectivity index (χ2v) is 5.19. The van der Waals surface area contributed by atoms with Crippen molar-refractivity contribution in [1.29, 1.82) is 0 Å². The van der Waals surface area contributed by atoms with E-state index in [9.17, 15) is 24.9 Å². The summed E-state index contributed by atoms with van der Waals surface area (Å²) in [6, 6.07) is 8.97. The van der Waals surface area contributed by atoms with Crippen LogP contribution in [0.3, 0.4) is 0 Å². The van der Waals surface area contributed by atoms with E-state index >= 15 is 0 Å². The van der Waals surface area contributed by atoms with Crippen molar-refractivity contribution in [2.75, 3.05) is 6.61 Å². The van der Waals surface area contributed by atoms with E-state index in [0.717, 1.165) is 5.56 Å². The van der Waals surface area contributed by atoms with Gasteiger partial charge >= 0.3 is 11.9 Å². The summed E-state index contributed by atoms with van der Waals surface area (Å²) in [5, 5.41) is 28.3. The summed E-state index contributed by atoms with van der Waals surface area (Å²) >= 11 is 0. The molecule has 1 aliphatic carbocycles. The zero-order chi connectivity index (χ0) is 15.6. The molecule has 0 aromatic heterocycles. The van der Waals surface area contributed by atoms with Gasteiger partial charge in [-0.25, -0.2) is 4.79 Å². The average molecular weight is 288 g/mol. The molecule has 0 amide bonds. The van der Waals surface area contributed by atoms with Crippen molar-refractivity contribution in [2.24, 2.45) is 11.3 Å². The quantitative estimate of drug-likeness (QED) is 0.785. The molecule has 3 N–H and O–H groups in total. The van der Waals surface area contributed by atoms with Gasteiger partial charge in [0.1, 0.15) is 0 Å². The minimum Gasteiger partial charge on any atom is -0.481 e. The van der Waals surface area contributed by atoms with Crippen molar-refractivity contribution in [2.45, 2.75) is 6.92 Å². The normalized spacial score (nSPS) is 25.0. The van der Waals surface area contributed by atoms with Crippen LogP contribution in [0.1, 0.15) is 12.5 Å². The van der Waals surface area contributed by atoms with Crippen LogP contribution in [0, 0.1) is 11.3 Å². The smallest absolute Gasteiger partial charge is 0.332 e. The van der Waals surface area contributed by atoms with Gasteiger partial charge in [-0.05, 0) is 24.1 Å². The molecule has 0 spiro atoms. The van der Waals surface area contributed by atoms with Crippen molar-refractivity contribution in [1.82, 2.24) is 0 Å². The van der Waals surface area contributed by atoms with Gasteiger partial charge in [0.15, 0.2) is 0 Å². The highest BCUT2D eigenvalue weighted by Crippen LogP contribution is 2.42. The minimum absolute atomic E-state index is 0.0937. The lowest BCUT2D eigenvalue weighted by Crippen LogP contribution is -2.40. The first-order valence-corrected chi connectivity index (χ1v) is 6.47. The molecule has 1 aromatic rings. The Labute approximate surface area is 121 Å². The highest BCUT2D eigenvalue weighted by atomic mass is 16.4. The number of aliphatic hydroxyl groups is 1.